The number of ether oxygens (including phenoxy) is 3. The molecule has 9 heteroatoms. The molecule has 0 aliphatic carbocycles. The Bertz CT molecular complexity index is 911. The van der Waals surface area contributed by atoms with Crippen LogP contribution in [0, 0.1) is 0 Å². The fourth-order valence-corrected chi connectivity index (χ4v) is 3.56. The van der Waals surface area contributed by atoms with Crippen LogP contribution in [0.25, 0.3) is 0 Å². The molecule has 0 unspecified atom stereocenters. The lowest BCUT2D eigenvalue weighted by atomic mass is 9.96. The number of ketones is 1. The third-order valence-corrected chi connectivity index (χ3v) is 5.26. The predicted octanol–water partition coefficient (Wildman–Crippen LogP) is 0.277. The van der Waals surface area contributed by atoms with Gasteiger partial charge < -0.3 is 39.7 Å². The van der Waals surface area contributed by atoms with Gasteiger partial charge in [-0.25, -0.2) is 0 Å². The molecule has 30 heavy (non-hydrogen) atoms. The van der Waals surface area contributed by atoms with E-state index in [1.807, 2.05) is 0 Å². The van der Waals surface area contributed by atoms with E-state index >= 15 is 0 Å². The summed E-state index contributed by atoms with van der Waals surface area (Å²) in [5.41, 5.74) is 1.13. The highest BCUT2D eigenvalue weighted by Gasteiger charge is 2.44. The molecule has 2 aliphatic rings. The van der Waals surface area contributed by atoms with Gasteiger partial charge in [0.05, 0.1) is 18.6 Å². The molecular weight excluding hydrogens is 396 g/mol. The van der Waals surface area contributed by atoms with Crippen molar-refractivity contribution in [2.45, 2.75) is 43.2 Å². The number of rotatable bonds is 4. The molecule has 2 aromatic rings. The van der Waals surface area contributed by atoms with Gasteiger partial charge in [0.25, 0.3) is 0 Å². The summed E-state index contributed by atoms with van der Waals surface area (Å²) >= 11 is 0. The standard InChI is InChI=1S/C21H22O9/c22-9-17-18(25)19(26)20(27)21(30-17)28-12-4-1-10(2-5-12)15-8-14(24)13-6-3-11(23)7-16(13)29-15/h1-7,15,17-23,25-27H,8-9H2/t15-,17-,18-,19+,20-,21+/m1/s1. The highest BCUT2D eigenvalue weighted by Crippen LogP contribution is 2.37. The maximum atomic E-state index is 12.4. The SMILES string of the molecule is O=C1C[C@H](c2ccc(O[C@H]3O[C@H](CO)[C@@H](O)[C@H](O)[C@H]3O)cc2)Oc2cc(O)ccc21. The van der Waals surface area contributed by atoms with Crippen molar-refractivity contribution in [1.82, 2.24) is 0 Å². The Labute approximate surface area is 171 Å². The molecule has 0 aromatic heterocycles. The normalized spacial score (nSPS) is 31.0. The number of Topliss-reactive ketones (excluding diaryl/α,β-unsaturated/α-hetero) is 1. The van der Waals surface area contributed by atoms with Crippen molar-refractivity contribution >= 4 is 5.78 Å². The molecule has 1 fully saturated rings. The van der Waals surface area contributed by atoms with Crippen LogP contribution in [0.5, 0.6) is 17.2 Å². The molecule has 0 saturated carbocycles. The van der Waals surface area contributed by atoms with Crippen LogP contribution >= 0.6 is 0 Å². The average molecular weight is 418 g/mol. The van der Waals surface area contributed by atoms with E-state index in [1.165, 1.54) is 18.2 Å². The van der Waals surface area contributed by atoms with Crippen LogP contribution in [-0.2, 0) is 4.74 Å². The Morgan fingerprint density at radius 3 is 2.43 bits per heavy atom. The average Bonchev–Trinajstić information content (AvgIpc) is 2.74. The molecule has 9 nitrogen and oxygen atoms in total. The first-order chi connectivity index (χ1) is 14.4. The zero-order valence-corrected chi connectivity index (χ0v) is 15.8. The number of carbonyl (C=O) groups is 1. The van der Waals surface area contributed by atoms with E-state index in [9.17, 15) is 30.3 Å². The van der Waals surface area contributed by atoms with E-state index in [0.717, 1.165) is 0 Å². The van der Waals surface area contributed by atoms with Crippen LogP contribution in [-0.4, -0.2) is 68.6 Å². The van der Waals surface area contributed by atoms with Crippen LogP contribution in [0.4, 0.5) is 0 Å². The van der Waals surface area contributed by atoms with Gasteiger partial charge in [-0.1, -0.05) is 12.1 Å². The molecule has 4 rings (SSSR count). The lowest BCUT2D eigenvalue weighted by Crippen LogP contribution is -2.60. The van der Waals surface area contributed by atoms with Crippen LogP contribution in [0.2, 0.25) is 0 Å². The lowest BCUT2D eigenvalue weighted by Gasteiger charge is -2.39. The summed E-state index contributed by atoms with van der Waals surface area (Å²) in [6, 6.07) is 10.9. The Kier molecular flexibility index (Phi) is 5.63. The van der Waals surface area contributed by atoms with Crippen molar-refractivity contribution in [2.24, 2.45) is 0 Å². The van der Waals surface area contributed by atoms with Crippen molar-refractivity contribution in [3.8, 4) is 17.2 Å². The number of benzene rings is 2. The van der Waals surface area contributed by atoms with Gasteiger partial charge in [0, 0.05) is 6.07 Å². The monoisotopic (exact) mass is 418 g/mol. The number of carbonyl (C=O) groups excluding carboxylic acids is 1. The first-order valence-corrected chi connectivity index (χ1v) is 9.47. The minimum absolute atomic E-state index is 0.00507. The maximum Gasteiger partial charge on any atom is 0.229 e. The summed E-state index contributed by atoms with van der Waals surface area (Å²) < 4.78 is 16.7. The molecule has 0 spiro atoms. The Morgan fingerprint density at radius 2 is 1.73 bits per heavy atom. The molecule has 0 bridgehead atoms. The van der Waals surface area contributed by atoms with Crippen molar-refractivity contribution in [3.63, 3.8) is 0 Å². The molecule has 0 amide bonds. The molecule has 160 valence electrons. The lowest BCUT2D eigenvalue weighted by molar-refractivity contribution is -0.277. The summed E-state index contributed by atoms with van der Waals surface area (Å²) in [4.78, 5) is 12.4. The number of aliphatic hydroxyl groups is 4. The number of hydrogen-bond acceptors (Lipinski definition) is 9. The zero-order valence-electron chi connectivity index (χ0n) is 15.8. The van der Waals surface area contributed by atoms with Crippen LogP contribution < -0.4 is 9.47 Å². The van der Waals surface area contributed by atoms with Gasteiger partial charge in [-0.2, -0.15) is 0 Å². The van der Waals surface area contributed by atoms with Gasteiger partial charge in [-0.15, -0.1) is 0 Å². The van der Waals surface area contributed by atoms with Crippen LogP contribution in [0.3, 0.4) is 0 Å². The minimum atomic E-state index is -1.53. The number of aromatic hydroxyl groups is 1. The fourth-order valence-electron chi connectivity index (χ4n) is 3.56. The van der Waals surface area contributed by atoms with E-state index in [1.54, 1.807) is 24.3 Å². The van der Waals surface area contributed by atoms with Crippen molar-refractivity contribution in [3.05, 3.63) is 53.6 Å². The second-order valence-electron chi connectivity index (χ2n) is 7.30. The first-order valence-electron chi connectivity index (χ1n) is 9.47. The summed E-state index contributed by atoms with van der Waals surface area (Å²) in [6.07, 6.45) is -7.24. The number of fused-ring (bicyclic) bond motifs is 1. The Morgan fingerprint density at radius 1 is 1.00 bits per heavy atom. The smallest absolute Gasteiger partial charge is 0.229 e. The Hall–Kier alpha value is -2.69. The molecular formula is C21H22O9. The summed E-state index contributed by atoms with van der Waals surface area (Å²) in [7, 11) is 0. The maximum absolute atomic E-state index is 12.4. The van der Waals surface area contributed by atoms with Crippen molar-refractivity contribution in [1.29, 1.82) is 0 Å². The van der Waals surface area contributed by atoms with E-state index in [-0.39, 0.29) is 18.0 Å². The molecule has 6 atom stereocenters. The highest BCUT2D eigenvalue weighted by molar-refractivity contribution is 6.00. The number of aliphatic hydroxyl groups excluding tert-OH is 4. The highest BCUT2D eigenvalue weighted by atomic mass is 16.7. The summed E-state index contributed by atoms with van der Waals surface area (Å²) in [5.74, 6) is 0.537. The van der Waals surface area contributed by atoms with E-state index in [4.69, 9.17) is 14.2 Å². The molecule has 0 radical (unpaired) electrons. The third kappa shape index (κ3) is 3.85. The predicted molar refractivity (Wildman–Crippen MR) is 101 cm³/mol. The van der Waals surface area contributed by atoms with E-state index in [2.05, 4.69) is 0 Å². The zero-order chi connectivity index (χ0) is 21.4. The number of hydrogen-bond donors (Lipinski definition) is 5. The van der Waals surface area contributed by atoms with Gasteiger partial charge in [-0.3, -0.25) is 4.79 Å². The minimum Gasteiger partial charge on any atom is -0.508 e. The Balaban J connectivity index is 1.46. The summed E-state index contributed by atoms with van der Waals surface area (Å²) in [5, 5.41) is 48.6. The number of phenols is 1. The first kappa shape index (κ1) is 20.6. The molecule has 1 saturated heterocycles. The van der Waals surface area contributed by atoms with E-state index < -0.39 is 43.4 Å². The molecule has 2 heterocycles. The van der Waals surface area contributed by atoms with Gasteiger partial charge in [0.1, 0.15) is 47.8 Å². The largest absolute Gasteiger partial charge is 0.508 e. The summed E-state index contributed by atoms with van der Waals surface area (Å²) in [6.45, 7) is -0.548. The van der Waals surface area contributed by atoms with Gasteiger partial charge in [-0.05, 0) is 29.8 Å². The molecule has 2 aromatic carbocycles. The second-order valence-corrected chi connectivity index (χ2v) is 7.30. The van der Waals surface area contributed by atoms with Gasteiger partial charge in [0.15, 0.2) is 5.78 Å². The van der Waals surface area contributed by atoms with Gasteiger partial charge >= 0.3 is 0 Å². The van der Waals surface area contributed by atoms with Crippen molar-refractivity contribution in [2.75, 3.05) is 6.61 Å². The third-order valence-electron chi connectivity index (χ3n) is 5.26. The van der Waals surface area contributed by atoms with Gasteiger partial charge in [0.2, 0.25) is 6.29 Å². The van der Waals surface area contributed by atoms with Crippen LogP contribution in [0.15, 0.2) is 42.5 Å². The molecule has 2 aliphatic heterocycles. The fraction of sp³-hybridized carbons (Fsp3) is 0.381. The quantitative estimate of drug-likeness (QED) is 0.472. The van der Waals surface area contributed by atoms with E-state index in [0.29, 0.717) is 22.6 Å². The topological polar surface area (TPSA) is 146 Å². The molecule has 5 N–H and O–H groups in total. The van der Waals surface area contributed by atoms with Crippen molar-refractivity contribution < 1.29 is 44.5 Å². The number of phenolic OH excluding ortho intramolecular Hbond substituents is 1. The second kappa shape index (κ2) is 8.21. The van der Waals surface area contributed by atoms with Crippen LogP contribution in [0.1, 0.15) is 28.4 Å².